The monoisotopic (exact) mass is 359 g/mol. The summed E-state index contributed by atoms with van der Waals surface area (Å²) >= 11 is 3.27. The van der Waals surface area contributed by atoms with Crippen LogP contribution in [-0.4, -0.2) is 12.3 Å². The highest BCUT2D eigenvalue weighted by molar-refractivity contribution is 9.10. The van der Waals surface area contributed by atoms with Crippen LogP contribution in [0, 0.1) is 0 Å². The molecule has 2 aromatic carbocycles. The Balaban J connectivity index is 2.06. The maximum absolute atomic E-state index is 12.0. The van der Waals surface area contributed by atoms with Crippen LogP contribution in [0.1, 0.15) is 10.4 Å². The lowest BCUT2D eigenvalue weighted by Gasteiger charge is -2.09. The molecule has 21 heavy (non-hydrogen) atoms. The van der Waals surface area contributed by atoms with Gasteiger partial charge in [-0.15, -0.1) is 13.2 Å². The molecule has 0 saturated heterocycles. The summed E-state index contributed by atoms with van der Waals surface area (Å²) in [5.41, 5.74) is 0.800. The Bertz CT molecular complexity index is 641. The third kappa shape index (κ3) is 4.78. The summed E-state index contributed by atoms with van der Waals surface area (Å²) in [5, 5.41) is 2.63. The van der Waals surface area contributed by atoms with Crippen LogP contribution in [0.3, 0.4) is 0 Å². The Kier molecular flexibility index (Phi) is 4.52. The molecule has 1 N–H and O–H groups in total. The standard InChI is InChI=1S/C14H9BrF3NO2/c15-10-2-1-3-11(8-10)19-13(20)9-4-6-12(7-5-9)21-14(16,17)18/h1-8H,(H,19,20). The van der Waals surface area contributed by atoms with E-state index >= 15 is 0 Å². The van der Waals surface area contributed by atoms with E-state index in [0.29, 0.717) is 5.69 Å². The van der Waals surface area contributed by atoms with E-state index in [1.165, 1.54) is 12.1 Å². The Morgan fingerprint density at radius 1 is 1.10 bits per heavy atom. The molecule has 0 aliphatic carbocycles. The highest BCUT2D eigenvalue weighted by Gasteiger charge is 2.31. The SMILES string of the molecule is O=C(Nc1cccc(Br)c1)c1ccc(OC(F)(F)F)cc1. The Morgan fingerprint density at radius 2 is 1.76 bits per heavy atom. The van der Waals surface area contributed by atoms with Crippen molar-refractivity contribution in [2.24, 2.45) is 0 Å². The van der Waals surface area contributed by atoms with E-state index in [4.69, 9.17) is 0 Å². The Morgan fingerprint density at radius 3 is 2.33 bits per heavy atom. The molecule has 2 rings (SSSR count). The van der Waals surface area contributed by atoms with Gasteiger partial charge in [0.25, 0.3) is 5.91 Å². The van der Waals surface area contributed by atoms with Gasteiger partial charge in [0.05, 0.1) is 0 Å². The lowest BCUT2D eigenvalue weighted by atomic mass is 10.2. The summed E-state index contributed by atoms with van der Waals surface area (Å²) in [6, 6.07) is 11.6. The van der Waals surface area contributed by atoms with Gasteiger partial charge in [0, 0.05) is 15.7 Å². The van der Waals surface area contributed by atoms with Crippen LogP contribution in [-0.2, 0) is 0 Å². The van der Waals surface area contributed by atoms with E-state index in [9.17, 15) is 18.0 Å². The zero-order valence-electron chi connectivity index (χ0n) is 10.4. The number of nitrogens with one attached hydrogen (secondary N) is 1. The van der Waals surface area contributed by atoms with Crippen molar-refractivity contribution in [2.45, 2.75) is 6.36 Å². The number of hydrogen-bond donors (Lipinski definition) is 1. The topological polar surface area (TPSA) is 38.3 Å². The third-order valence-corrected chi connectivity index (χ3v) is 2.93. The molecule has 0 saturated carbocycles. The zero-order valence-corrected chi connectivity index (χ0v) is 12.0. The predicted molar refractivity (Wildman–Crippen MR) is 75.2 cm³/mol. The molecule has 1 amide bonds. The molecule has 0 unspecified atom stereocenters. The van der Waals surface area contributed by atoms with Crippen molar-refractivity contribution in [1.29, 1.82) is 0 Å². The van der Waals surface area contributed by atoms with Gasteiger partial charge in [-0.25, -0.2) is 0 Å². The first-order valence-electron chi connectivity index (χ1n) is 5.76. The number of amides is 1. The molecule has 0 spiro atoms. The fraction of sp³-hybridized carbons (Fsp3) is 0.0714. The molecule has 0 heterocycles. The number of rotatable bonds is 3. The smallest absolute Gasteiger partial charge is 0.406 e. The second-order valence-electron chi connectivity index (χ2n) is 4.04. The number of carbonyl (C=O) groups excluding carboxylic acids is 1. The fourth-order valence-electron chi connectivity index (χ4n) is 1.58. The first-order valence-corrected chi connectivity index (χ1v) is 6.55. The number of hydrogen-bond acceptors (Lipinski definition) is 2. The molecule has 0 bridgehead atoms. The largest absolute Gasteiger partial charge is 0.573 e. The van der Waals surface area contributed by atoms with Gasteiger partial charge in [-0.3, -0.25) is 4.79 Å². The average molecular weight is 360 g/mol. The van der Waals surface area contributed by atoms with Crippen molar-refractivity contribution >= 4 is 27.5 Å². The molecule has 0 aliphatic heterocycles. The summed E-state index contributed by atoms with van der Waals surface area (Å²) in [4.78, 5) is 11.9. The van der Waals surface area contributed by atoms with Gasteiger partial charge in [0.2, 0.25) is 0 Å². The van der Waals surface area contributed by atoms with Crippen molar-refractivity contribution in [3.05, 3.63) is 58.6 Å². The van der Waals surface area contributed by atoms with Crippen LogP contribution in [0.5, 0.6) is 5.75 Å². The van der Waals surface area contributed by atoms with Gasteiger partial charge in [-0.2, -0.15) is 0 Å². The van der Waals surface area contributed by atoms with Gasteiger partial charge in [-0.05, 0) is 42.5 Å². The second-order valence-corrected chi connectivity index (χ2v) is 4.95. The summed E-state index contributed by atoms with van der Waals surface area (Å²) in [7, 11) is 0. The molecule has 3 nitrogen and oxygen atoms in total. The molecule has 0 radical (unpaired) electrons. The number of halogens is 4. The normalized spacial score (nSPS) is 11.0. The molecule has 2 aromatic rings. The van der Waals surface area contributed by atoms with Crippen LogP contribution in [0.25, 0.3) is 0 Å². The summed E-state index contributed by atoms with van der Waals surface area (Å²) in [5.74, 6) is -0.798. The minimum Gasteiger partial charge on any atom is -0.406 e. The molecule has 0 fully saturated rings. The number of carbonyl (C=O) groups is 1. The molecular formula is C14H9BrF3NO2. The Hall–Kier alpha value is -2.02. The summed E-state index contributed by atoms with van der Waals surface area (Å²) in [6.45, 7) is 0. The molecule has 0 atom stereocenters. The first kappa shape index (κ1) is 15.4. The van der Waals surface area contributed by atoms with Crippen molar-refractivity contribution in [3.63, 3.8) is 0 Å². The van der Waals surface area contributed by atoms with E-state index < -0.39 is 12.3 Å². The minimum atomic E-state index is -4.75. The van der Waals surface area contributed by atoms with Crippen molar-refractivity contribution in [2.75, 3.05) is 5.32 Å². The maximum Gasteiger partial charge on any atom is 0.573 e. The van der Waals surface area contributed by atoms with Crippen LogP contribution in [0.15, 0.2) is 53.0 Å². The molecule has 0 aromatic heterocycles. The lowest BCUT2D eigenvalue weighted by molar-refractivity contribution is -0.274. The number of alkyl halides is 3. The van der Waals surface area contributed by atoms with E-state index in [0.717, 1.165) is 16.6 Å². The summed E-state index contributed by atoms with van der Waals surface area (Å²) < 4.78 is 40.6. The lowest BCUT2D eigenvalue weighted by Crippen LogP contribution is -2.17. The zero-order chi connectivity index (χ0) is 15.5. The van der Waals surface area contributed by atoms with Gasteiger partial charge in [-0.1, -0.05) is 22.0 Å². The van der Waals surface area contributed by atoms with Crippen molar-refractivity contribution < 1.29 is 22.7 Å². The van der Waals surface area contributed by atoms with Crippen molar-refractivity contribution in [1.82, 2.24) is 0 Å². The van der Waals surface area contributed by atoms with Gasteiger partial charge < -0.3 is 10.1 Å². The van der Waals surface area contributed by atoms with E-state index in [-0.39, 0.29) is 11.3 Å². The van der Waals surface area contributed by atoms with Gasteiger partial charge >= 0.3 is 6.36 Å². The first-order chi connectivity index (χ1) is 9.83. The maximum atomic E-state index is 12.0. The highest BCUT2D eigenvalue weighted by Crippen LogP contribution is 2.23. The van der Waals surface area contributed by atoms with E-state index in [2.05, 4.69) is 26.0 Å². The van der Waals surface area contributed by atoms with Gasteiger partial charge in [0.1, 0.15) is 5.75 Å². The van der Waals surface area contributed by atoms with E-state index in [1.54, 1.807) is 24.3 Å². The highest BCUT2D eigenvalue weighted by atomic mass is 79.9. The number of anilines is 1. The quantitative estimate of drug-likeness (QED) is 0.869. The van der Waals surface area contributed by atoms with Crippen LogP contribution in [0.2, 0.25) is 0 Å². The predicted octanol–water partition coefficient (Wildman–Crippen LogP) is 4.60. The third-order valence-electron chi connectivity index (χ3n) is 2.43. The minimum absolute atomic E-state index is 0.226. The number of benzene rings is 2. The summed E-state index contributed by atoms with van der Waals surface area (Å²) in [6.07, 6.45) is -4.75. The molecular weight excluding hydrogens is 351 g/mol. The molecule has 0 aliphatic rings. The van der Waals surface area contributed by atoms with Crippen LogP contribution < -0.4 is 10.1 Å². The van der Waals surface area contributed by atoms with Gasteiger partial charge in [0.15, 0.2) is 0 Å². The molecule has 110 valence electrons. The van der Waals surface area contributed by atoms with Crippen LogP contribution in [0.4, 0.5) is 18.9 Å². The molecule has 7 heteroatoms. The second kappa shape index (κ2) is 6.17. The van der Waals surface area contributed by atoms with E-state index in [1.807, 2.05) is 0 Å². The Labute approximate surface area is 126 Å². The van der Waals surface area contributed by atoms with Crippen LogP contribution >= 0.6 is 15.9 Å². The van der Waals surface area contributed by atoms with Crippen molar-refractivity contribution in [3.8, 4) is 5.75 Å². The average Bonchev–Trinajstić information content (AvgIpc) is 2.37. The number of ether oxygens (including phenoxy) is 1. The fourth-order valence-corrected chi connectivity index (χ4v) is 1.98.